The number of thiophene rings is 1. The van der Waals surface area contributed by atoms with Crippen molar-refractivity contribution in [1.29, 1.82) is 0 Å². The van der Waals surface area contributed by atoms with Crippen molar-refractivity contribution < 1.29 is 4.79 Å². The molecule has 1 aliphatic heterocycles. The van der Waals surface area contributed by atoms with E-state index >= 15 is 0 Å². The molecule has 0 bridgehead atoms. The molecule has 0 saturated carbocycles. The average Bonchev–Trinajstić information content (AvgIpc) is 2.95. The molecule has 1 saturated heterocycles. The van der Waals surface area contributed by atoms with E-state index in [1.54, 1.807) is 11.3 Å². The fourth-order valence-corrected chi connectivity index (χ4v) is 4.07. The third-order valence-corrected chi connectivity index (χ3v) is 5.08. The molecule has 1 aromatic heterocycles. The smallest absolute Gasteiger partial charge is 0.263 e. The molecule has 1 aliphatic carbocycles. The summed E-state index contributed by atoms with van der Waals surface area (Å²) in [6.45, 7) is 1.92. The quantitative estimate of drug-likeness (QED) is 0.700. The molecule has 3 heteroatoms. The number of hydrogen-bond acceptors (Lipinski definition) is 2. The van der Waals surface area contributed by atoms with E-state index in [1.807, 2.05) is 4.90 Å². The van der Waals surface area contributed by atoms with Crippen molar-refractivity contribution in [1.82, 2.24) is 4.90 Å². The molecule has 0 N–H and O–H groups in total. The molecule has 2 heterocycles. The Labute approximate surface area is 107 Å². The van der Waals surface area contributed by atoms with Gasteiger partial charge in [0.1, 0.15) is 0 Å². The molecule has 0 atom stereocenters. The Bertz CT molecular complexity index is 394. The maximum atomic E-state index is 12.3. The zero-order chi connectivity index (χ0) is 11.7. The summed E-state index contributed by atoms with van der Waals surface area (Å²) in [5.41, 5.74) is 1.45. The van der Waals surface area contributed by atoms with Crippen LogP contribution in [0.2, 0.25) is 0 Å². The molecule has 2 nitrogen and oxygen atoms in total. The molecule has 1 amide bonds. The number of hydrogen-bond donors (Lipinski definition) is 0. The first-order valence-corrected chi connectivity index (χ1v) is 7.57. The Hall–Kier alpha value is -0.830. The second kappa shape index (κ2) is 4.81. The summed E-state index contributed by atoms with van der Waals surface area (Å²) in [6, 6.07) is 2.17. The highest BCUT2D eigenvalue weighted by Gasteiger charge is 2.23. The Morgan fingerprint density at radius 2 is 1.82 bits per heavy atom. The Morgan fingerprint density at radius 1 is 1.06 bits per heavy atom. The molecule has 92 valence electrons. The number of rotatable bonds is 1. The SMILES string of the molecule is O=C(c1cc2c(s1)CCCCC2)N1CCCC1. The summed E-state index contributed by atoms with van der Waals surface area (Å²) < 4.78 is 0. The van der Waals surface area contributed by atoms with Crippen molar-refractivity contribution in [2.75, 3.05) is 13.1 Å². The minimum Gasteiger partial charge on any atom is -0.338 e. The highest BCUT2D eigenvalue weighted by atomic mass is 32.1. The normalized spacial score (nSPS) is 20.1. The first kappa shape index (κ1) is 11.3. The molecule has 3 rings (SSSR count). The summed E-state index contributed by atoms with van der Waals surface area (Å²) in [4.78, 5) is 16.8. The van der Waals surface area contributed by atoms with E-state index in [9.17, 15) is 4.79 Å². The fourth-order valence-electron chi connectivity index (χ4n) is 2.85. The summed E-state index contributed by atoms with van der Waals surface area (Å²) in [5.74, 6) is 0.278. The van der Waals surface area contributed by atoms with Gasteiger partial charge in [0.2, 0.25) is 0 Å². The Balaban J connectivity index is 1.81. The molecule has 1 fully saturated rings. The number of amides is 1. The molecule has 0 aromatic carbocycles. The van der Waals surface area contributed by atoms with Gasteiger partial charge in [0.25, 0.3) is 5.91 Å². The van der Waals surface area contributed by atoms with Gasteiger partial charge in [-0.3, -0.25) is 4.79 Å². The zero-order valence-electron chi connectivity index (χ0n) is 10.2. The van der Waals surface area contributed by atoms with Gasteiger partial charge in [0, 0.05) is 18.0 Å². The molecule has 0 unspecified atom stereocenters. The number of carbonyl (C=O) groups is 1. The number of fused-ring (bicyclic) bond motifs is 1. The van der Waals surface area contributed by atoms with Gasteiger partial charge in [-0.1, -0.05) is 6.42 Å². The number of carbonyl (C=O) groups excluding carboxylic acids is 1. The van der Waals surface area contributed by atoms with Crippen LogP contribution in [0.3, 0.4) is 0 Å². The van der Waals surface area contributed by atoms with Gasteiger partial charge in [-0.25, -0.2) is 0 Å². The maximum Gasteiger partial charge on any atom is 0.263 e. The monoisotopic (exact) mass is 249 g/mol. The Morgan fingerprint density at radius 3 is 2.65 bits per heavy atom. The van der Waals surface area contributed by atoms with Crippen molar-refractivity contribution in [2.24, 2.45) is 0 Å². The van der Waals surface area contributed by atoms with Crippen LogP contribution in [-0.4, -0.2) is 23.9 Å². The van der Waals surface area contributed by atoms with Crippen LogP contribution in [0, 0.1) is 0 Å². The predicted molar refractivity (Wildman–Crippen MR) is 70.7 cm³/mol. The van der Waals surface area contributed by atoms with Crippen LogP contribution < -0.4 is 0 Å². The third-order valence-electron chi connectivity index (χ3n) is 3.85. The second-order valence-corrected chi connectivity index (χ2v) is 6.26. The molecular weight excluding hydrogens is 230 g/mol. The van der Waals surface area contributed by atoms with Crippen LogP contribution in [0.1, 0.15) is 52.2 Å². The van der Waals surface area contributed by atoms with E-state index < -0.39 is 0 Å². The number of nitrogens with zero attached hydrogens (tertiary/aromatic N) is 1. The standard InChI is InChI=1S/C14H19NOS/c16-14(15-8-4-5-9-15)13-10-11-6-2-1-3-7-12(11)17-13/h10H,1-9H2. The van der Waals surface area contributed by atoms with E-state index in [-0.39, 0.29) is 5.91 Å². The summed E-state index contributed by atoms with van der Waals surface area (Å²) in [6.07, 6.45) is 8.66. The van der Waals surface area contributed by atoms with Gasteiger partial charge in [0.05, 0.1) is 4.88 Å². The minimum atomic E-state index is 0.278. The molecular formula is C14H19NOS. The zero-order valence-corrected chi connectivity index (χ0v) is 11.0. The van der Waals surface area contributed by atoms with E-state index in [2.05, 4.69) is 6.07 Å². The lowest BCUT2D eigenvalue weighted by Gasteiger charge is -2.13. The molecule has 1 aromatic rings. The molecule has 17 heavy (non-hydrogen) atoms. The third kappa shape index (κ3) is 2.25. The second-order valence-electron chi connectivity index (χ2n) is 5.12. The van der Waals surface area contributed by atoms with Gasteiger partial charge >= 0.3 is 0 Å². The summed E-state index contributed by atoms with van der Waals surface area (Å²) in [5, 5.41) is 0. The van der Waals surface area contributed by atoms with Crippen LogP contribution in [-0.2, 0) is 12.8 Å². The highest BCUT2D eigenvalue weighted by molar-refractivity contribution is 7.14. The molecule has 2 aliphatic rings. The van der Waals surface area contributed by atoms with Crippen molar-refractivity contribution in [3.63, 3.8) is 0 Å². The van der Waals surface area contributed by atoms with Gasteiger partial charge in [-0.2, -0.15) is 0 Å². The lowest BCUT2D eigenvalue weighted by atomic mass is 10.1. The van der Waals surface area contributed by atoms with Crippen molar-refractivity contribution in [3.8, 4) is 0 Å². The van der Waals surface area contributed by atoms with Crippen molar-refractivity contribution in [2.45, 2.75) is 44.9 Å². The maximum absolute atomic E-state index is 12.3. The van der Waals surface area contributed by atoms with E-state index in [0.717, 1.165) is 18.0 Å². The number of aryl methyl sites for hydroxylation is 2. The topological polar surface area (TPSA) is 20.3 Å². The largest absolute Gasteiger partial charge is 0.338 e. The van der Waals surface area contributed by atoms with Crippen LogP contribution in [0.25, 0.3) is 0 Å². The van der Waals surface area contributed by atoms with Crippen LogP contribution in [0.15, 0.2) is 6.07 Å². The summed E-state index contributed by atoms with van der Waals surface area (Å²) >= 11 is 1.75. The van der Waals surface area contributed by atoms with Gasteiger partial charge in [-0.05, 0) is 50.2 Å². The van der Waals surface area contributed by atoms with E-state index in [4.69, 9.17) is 0 Å². The minimum absolute atomic E-state index is 0.278. The Kier molecular flexibility index (Phi) is 3.19. The molecule has 0 spiro atoms. The van der Waals surface area contributed by atoms with E-state index in [0.29, 0.717) is 0 Å². The lowest BCUT2D eigenvalue weighted by molar-refractivity contribution is 0.0797. The number of likely N-dealkylation sites (tertiary alicyclic amines) is 1. The van der Waals surface area contributed by atoms with Crippen molar-refractivity contribution >= 4 is 17.2 Å². The first-order valence-electron chi connectivity index (χ1n) is 6.75. The van der Waals surface area contributed by atoms with Crippen molar-refractivity contribution in [3.05, 3.63) is 21.4 Å². The predicted octanol–water partition coefficient (Wildman–Crippen LogP) is 3.25. The summed E-state index contributed by atoms with van der Waals surface area (Å²) in [7, 11) is 0. The average molecular weight is 249 g/mol. The van der Waals surface area contributed by atoms with Gasteiger partial charge in [-0.15, -0.1) is 11.3 Å². The first-order chi connectivity index (χ1) is 8.34. The lowest BCUT2D eigenvalue weighted by Crippen LogP contribution is -2.26. The highest BCUT2D eigenvalue weighted by Crippen LogP contribution is 2.30. The van der Waals surface area contributed by atoms with E-state index in [1.165, 1.54) is 55.4 Å². The molecule has 0 radical (unpaired) electrons. The van der Waals surface area contributed by atoms with Crippen LogP contribution >= 0.6 is 11.3 Å². The van der Waals surface area contributed by atoms with Crippen LogP contribution in [0.4, 0.5) is 0 Å². The fraction of sp³-hybridized carbons (Fsp3) is 0.643. The van der Waals surface area contributed by atoms with Crippen LogP contribution in [0.5, 0.6) is 0 Å². The van der Waals surface area contributed by atoms with Gasteiger partial charge in [0.15, 0.2) is 0 Å². The van der Waals surface area contributed by atoms with Gasteiger partial charge < -0.3 is 4.90 Å².